The van der Waals surface area contributed by atoms with Crippen molar-refractivity contribution in [2.24, 2.45) is 11.8 Å². The van der Waals surface area contributed by atoms with Gasteiger partial charge < -0.3 is 41.5 Å². The number of carbonyl (C=O) groups is 4. The lowest BCUT2D eigenvalue weighted by atomic mass is 9.93. The van der Waals surface area contributed by atoms with Crippen LogP contribution in [0.3, 0.4) is 0 Å². The quantitative estimate of drug-likeness (QED) is 0.0407. The summed E-state index contributed by atoms with van der Waals surface area (Å²) < 4.78 is 13.0. The number of carbonyl (C=O) groups excluding carboxylic acids is 4. The number of unbranched alkanes of at least 4 members (excludes halogenated alkanes) is 2. The standard InChI is InChI=1S/C46H75N11O8/c1-7-8-27-63-43-53-40(47)39-41(54-43)57(44(62)52-39)30-34-17-15-33(16-18-34)29-56-25-20-32(21-26-56)19-24-50-42(61)35(12-9-10-23-49-38(60)31-65-48)51-36(58)13-11-14-37(59)55-46(5,6)22-28-64-45(2,3)4/h15-18,32,35H,7-14,19-31,48H2,1-6H3,(H,49,60)(H,50,61)(H,51,58)(H,52,62)(H,55,59)(H2,47,53,54)/t35-/m0/s1. The first-order valence-electron chi connectivity index (χ1n) is 23.2. The number of rotatable bonds is 28. The normalized spacial score (nSPS) is 14.3. The van der Waals surface area contributed by atoms with Crippen LogP contribution in [0.5, 0.6) is 6.01 Å². The predicted octanol–water partition coefficient (Wildman–Crippen LogP) is 3.58. The highest BCUT2D eigenvalue weighted by atomic mass is 16.6. The van der Waals surface area contributed by atoms with Crippen molar-refractivity contribution < 1.29 is 33.5 Å². The largest absolute Gasteiger partial charge is 0.463 e. The minimum absolute atomic E-state index is 0.108. The van der Waals surface area contributed by atoms with Crippen LogP contribution in [0.1, 0.15) is 130 Å². The average Bonchev–Trinajstić information content (AvgIpc) is 3.55. The number of aromatic amines is 1. The van der Waals surface area contributed by atoms with E-state index >= 15 is 0 Å². The van der Waals surface area contributed by atoms with Gasteiger partial charge in [-0.3, -0.25) is 33.5 Å². The van der Waals surface area contributed by atoms with Crippen molar-refractivity contribution in [3.05, 3.63) is 45.9 Å². The number of imidazole rings is 1. The Morgan fingerprint density at radius 2 is 1.57 bits per heavy atom. The molecule has 0 saturated carbocycles. The van der Waals surface area contributed by atoms with Crippen molar-refractivity contribution in [2.45, 2.75) is 149 Å². The van der Waals surface area contributed by atoms with Gasteiger partial charge >= 0.3 is 11.7 Å². The van der Waals surface area contributed by atoms with E-state index in [1.807, 2.05) is 46.8 Å². The SMILES string of the molecule is CCCCOc1nc(N)c2[nH]c(=O)n(Cc3ccc(CN4CCC(CCNC(=O)[C@H](CCCCNC(=O)CON)NC(=O)CCCC(=O)NC(C)(C)CCOC(C)(C)C)CC4)cc3)c2n1. The molecule has 0 bridgehead atoms. The summed E-state index contributed by atoms with van der Waals surface area (Å²) in [6.45, 7) is 16.6. The van der Waals surface area contributed by atoms with Crippen molar-refractivity contribution in [1.82, 2.24) is 45.7 Å². The van der Waals surface area contributed by atoms with E-state index in [0.29, 0.717) is 82.0 Å². The van der Waals surface area contributed by atoms with Gasteiger partial charge in [-0.05, 0) is 123 Å². The molecular weight excluding hydrogens is 835 g/mol. The second-order valence-corrected chi connectivity index (χ2v) is 18.7. The van der Waals surface area contributed by atoms with Crippen LogP contribution in [0.4, 0.5) is 5.82 Å². The van der Waals surface area contributed by atoms with Gasteiger partial charge in [0.05, 0.1) is 18.8 Å². The zero-order chi connectivity index (χ0) is 47.4. The molecule has 3 heterocycles. The smallest absolute Gasteiger partial charge is 0.328 e. The van der Waals surface area contributed by atoms with E-state index in [4.69, 9.17) is 21.1 Å². The summed E-state index contributed by atoms with van der Waals surface area (Å²) in [5, 5.41) is 11.7. The molecule has 9 N–H and O–H groups in total. The van der Waals surface area contributed by atoms with Crippen molar-refractivity contribution in [3.63, 3.8) is 0 Å². The van der Waals surface area contributed by atoms with Crippen molar-refractivity contribution in [1.29, 1.82) is 0 Å². The van der Waals surface area contributed by atoms with Crippen LogP contribution in [-0.4, -0.2) is 111 Å². The zero-order valence-corrected chi connectivity index (χ0v) is 39.5. The third kappa shape index (κ3) is 19.1. The highest BCUT2D eigenvalue weighted by molar-refractivity contribution is 5.88. The average molecular weight is 910 g/mol. The minimum atomic E-state index is -0.742. The zero-order valence-electron chi connectivity index (χ0n) is 39.5. The van der Waals surface area contributed by atoms with Crippen molar-refractivity contribution >= 4 is 40.6 Å². The molecular formula is C46H75N11O8. The van der Waals surface area contributed by atoms with Gasteiger partial charge in [-0.25, -0.2) is 10.7 Å². The molecule has 0 unspecified atom stereocenters. The molecule has 1 fully saturated rings. The Morgan fingerprint density at radius 1 is 0.877 bits per heavy atom. The second-order valence-electron chi connectivity index (χ2n) is 18.7. The number of anilines is 1. The Labute approximate surface area is 383 Å². The first-order chi connectivity index (χ1) is 30.9. The van der Waals surface area contributed by atoms with Gasteiger partial charge in [0.25, 0.3) is 0 Å². The molecule has 1 aliphatic rings. The third-order valence-electron chi connectivity index (χ3n) is 11.3. The fourth-order valence-electron chi connectivity index (χ4n) is 7.58. The van der Waals surface area contributed by atoms with Gasteiger partial charge in [-0.15, -0.1) is 0 Å². The molecule has 19 heteroatoms. The summed E-state index contributed by atoms with van der Waals surface area (Å²) in [7, 11) is 0. The van der Waals surface area contributed by atoms with E-state index in [9.17, 15) is 24.0 Å². The molecule has 1 atom stereocenters. The molecule has 3 aromatic rings. The fraction of sp³-hybridized carbons (Fsp3) is 0.674. The van der Waals surface area contributed by atoms with Gasteiger partial charge in [0.2, 0.25) is 23.6 Å². The molecule has 0 spiro atoms. The molecule has 1 aliphatic heterocycles. The van der Waals surface area contributed by atoms with Crippen LogP contribution in [-0.2, 0) is 41.8 Å². The Bertz CT molecular complexity index is 2020. The van der Waals surface area contributed by atoms with Gasteiger partial charge in [-0.1, -0.05) is 37.6 Å². The lowest BCUT2D eigenvalue weighted by molar-refractivity contribution is -0.129. The van der Waals surface area contributed by atoms with Gasteiger partial charge in [0.1, 0.15) is 18.2 Å². The van der Waals surface area contributed by atoms with E-state index < -0.39 is 11.6 Å². The number of nitrogen functional groups attached to an aromatic ring is 1. The monoisotopic (exact) mass is 910 g/mol. The van der Waals surface area contributed by atoms with E-state index in [1.54, 1.807) is 4.57 Å². The fourth-order valence-corrected chi connectivity index (χ4v) is 7.58. The van der Waals surface area contributed by atoms with E-state index in [-0.39, 0.29) is 66.2 Å². The van der Waals surface area contributed by atoms with Crippen LogP contribution >= 0.6 is 0 Å². The number of nitrogens with two attached hydrogens (primary N) is 2. The summed E-state index contributed by atoms with van der Waals surface area (Å²) >= 11 is 0. The lowest BCUT2D eigenvalue weighted by Crippen LogP contribution is -2.47. The van der Waals surface area contributed by atoms with Gasteiger partial charge in [0.15, 0.2) is 11.5 Å². The molecule has 0 radical (unpaired) electrons. The molecule has 4 amide bonds. The molecule has 4 rings (SSSR count). The van der Waals surface area contributed by atoms with Crippen LogP contribution in [0, 0.1) is 5.92 Å². The van der Waals surface area contributed by atoms with Crippen LogP contribution in [0.15, 0.2) is 29.1 Å². The third-order valence-corrected chi connectivity index (χ3v) is 11.3. The summed E-state index contributed by atoms with van der Waals surface area (Å²) in [5.41, 5.74) is 8.02. The second kappa shape index (κ2) is 26.1. The highest BCUT2D eigenvalue weighted by Gasteiger charge is 2.25. The van der Waals surface area contributed by atoms with E-state index in [0.717, 1.165) is 57.3 Å². The number of fused-ring (bicyclic) bond motifs is 1. The van der Waals surface area contributed by atoms with Crippen molar-refractivity contribution in [3.8, 4) is 6.01 Å². The number of nitrogens with one attached hydrogen (secondary N) is 5. The number of nitrogens with zero attached hydrogens (tertiary/aromatic N) is 4. The number of hydrogen-bond acceptors (Lipinski definition) is 13. The number of amides is 4. The van der Waals surface area contributed by atoms with Crippen LogP contribution < -0.4 is 43.3 Å². The number of ether oxygens (including phenoxy) is 2. The molecule has 0 aliphatic carbocycles. The number of aromatic nitrogens is 4. The Kier molecular flexibility index (Phi) is 21.1. The van der Waals surface area contributed by atoms with Crippen LogP contribution in [0.2, 0.25) is 0 Å². The Balaban J connectivity index is 1.20. The summed E-state index contributed by atoms with van der Waals surface area (Å²) in [5.74, 6) is 4.59. The molecule has 2 aromatic heterocycles. The number of piperidine rings is 1. The number of benzene rings is 1. The van der Waals surface area contributed by atoms with Gasteiger partial charge in [-0.2, -0.15) is 9.97 Å². The molecule has 19 nitrogen and oxygen atoms in total. The van der Waals surface area contributed by atoms with Crippen LogP contribution in [0.25, 0.3) is 11.2 Å². The van der Waals surface area contributed by atoms with E-state index in [1.165, 1.54) is 5.56 Å². The first-order valence-corrected chi connectivity index (χ1v) is 23.2. The maximum atomic E-state index is 13.4. The van der Waals surface area contributed by atoms with Gasteiger partial charge in [0, 0.05) is 44.6 Å². The maximum Gasteiger partial charge on any atom is 0.328 e. The maximum absolute atomic E-state index is 13.4. The molecule has 65 heavy (non-hydrogen) atoms. The van der Waals surface area contributed by atoms with E-state index in [2.05, 4.69) is 65.0 Å². The minimum Gasteiger partial charge on any atom is -0.463 e. The summed E-state index contributed by atoms with van der Waals surface area (Å²) in [6.07, 6.45) is 7.54. The number of likely N-dealkylation sites (tertiary alicyclic amines) is 1. The number of H-pyrrole nitrogens is 1. The Morgan fingerprint density at radius 3 is 2.25 bits per heavy atom. The summed E-state index contributed by atoms with van der Waals surface area (Å²) in [4.78, 5) is 82.0. The summed E-state index contributed by atoms with van der Waals surface area (Å²) in [6, 6.07) is 7.64. The lowest BCUT2D eigenvalue weighted by Gasteiger charge is -2.32. The topological polar surface area (TPSA) is 263 Å². The molecule has 362 valence electrons. The number of hydrogen-bond donors (Lipinski definition) is 7. The molecule has 1 saturated heterocycles. The van der Waals surface area contributed by atoms with Crippen molar-refractivity contribution in [2.75, 3.05) is 51.7 Å². The molecule has 1 aromatic carbocycles. The highest BCUT2D eigenvalue weighted by Crippen LogP contribution is 2.23. The first kappa shape index (κ1) is 52.5. The Hall–Kier alpha value is -5.11. The predicted molar refractivity (Wildman–Crippen MR) is 249 cm³/mol.